The predicted molar refractivity (Wildman–Crippen MR) is 89.3 cm³/mol. The minimum Gasteiger partial charge on any atom is -0.316 e. The Balaban J connectivity index is 1.58. The van der Waals surface area contributed by atoms with Gasteiger partial charge in [-0.05, 0) is 82.8 Å². The molecule has 0 amide bonds. The Hall–Kier alpha value is 0.270. The lowest BCUT2D eigenvalue weighted by atomic mass is 9.48. The van der Waals surface area contributed by atoms with Crippen molar-refractivity contribution in [3.8, 4) is 0 Å². The average molecular weight is 297 g/mol. The normalized spacial score (nSPS) is 40.5. The molecule has 4 aliphatic carbocycles. The molecule has 0 heterocycles. The van der Waals surface area contributed by atoms with Crippen molar-refractivity contribution in [2.45, 2.75) is 44.6 Å². The number of hydrogen-bond acceptors (Lipinski definition) is 3. The lowest BCUT2D eigenvalue weighted by Crippen LogP contribution is -2.56. The smallest absolute Gasteiger partial charge is 0.0211 e. The SMILES string of the molecule is CNC(CSCCN(C)C)C12CC3CC(CC(C3)C1)C2. The first-order valence-electron chi connectivity index (χ1n) is 8.51. The molecule has 20 heavy (non-hydrogen) atoms. The average Bonchev–Trinajstić information content (AvgIpc) is 2.36. The summed E-state index contributed by atoms with van der Waals surface area (Å²) in [5, 5.41) is 3.71. The van der Waals surface area contributed by atoms with Gasteiger partial charge in [-0.2, -0.15) is 11.8 Å². The summed E-state index contributed by atoms with van der Waals surface area (Å²) in [5.41, 5.74) is 0.661. The fourth-order valence-corrected chi connectivity index (χ4v) is 7.04. The van der Waals surface area contributed by atoms with Crippen molar-refractivity contribution in [2.24, 2.45) is 23.2 Å². The summed E-state index contributed by atoms with van der Waals surface area (Å²) in [6.07, 6.45) is 9.26. The third kappa shape index (κ3) is 3.05. The van der Waals surface area contributed by atoms with E-state index in [0.717, 1.165) is 23.8 Å². The summed E-state index contributed by atoms with van der Waals surface area (Å²) in [5.74, 6) is 5.81. The van der Waals surface area contributed by atoms with Gasteiger partial charge in [0.1, 0.15) is 0 Å². The molecule has 3 heteroatoms. The van der Waals surface area contributed by atoms with E-state index in [1.807, 2.05) is 0 Å². The third-order valence-electron chi connectivity index (χ3n) is 6.14. The minimum atomic E-state index is 0.661. The van der Waals surface area contributed by atoms with Gasteiger partial charge in [-0.25, -0.2) is 0 Å². The summed E-state index contributed by atoms with van der Waals surface area (Å²) in [6, 6.07) is 0.753. The van der Waals surface area contributed by atoms with Crippen LogP contribution in [0.25, 0.3) is 0 Å². The van der Waals surface area contributed by atoms with Gasteiger partial charge in [-0.1, -0.05) is 0 Å². The van der Waals surface area contributed by atoms with Crippen LogP contribution in [0.5, 0.6) is 0 Å². The standard InChI is InChI=1S/C17H32N2S/c1-18-16(12-20-5-4-19(2)3)17-9-13-6-14(10-17)8-15(7-13)11-17/h13-16,18H,4-12H2,1-3H3. The van der Waals surface area contributed by atoms with E-state index in [-0.39, 0.29) is 0 Å². The molecular formula is C17H32N2S. The monoisotopic (exact) mass is 296 g/mol. The second-order valence-electron chi connectivity index (χ2n) is 8.00. The number of hydrogen-bond donors (Lipinski definition) is 1. The zero-order chi connectivity index (χ0) is 14.2. The van der Waals surface area contributed by atoms with E-state index in [2.05, 4.69) is 43.1 Å². The lowest BCUT2D eigenvalue weighted by Gasteiger charge is -2.59. The first-order chi connectivity index (χ1) is 9.61. The molecule has 0 spiro atoms. The number of rotatable bonds is 7. The minimum absolute atomic E-state index is 0.661. The molecule has 1 atom stereocenters. The van der Waals surface area contributed by atoms with Crippen LogP contribution in [0.4, 0.5) is 0 Å². The highest BCUT2D eigenvalue weighted by Crippen LogP contribution is 2.61. The Morgan fingerprint density at radius 2 is 1.65 bits per heavy atom. The van der Waals surface area contributed by atoms with Crippen LogP contribution in [0.2, 0.25) is 0 Å². The number of thioether (sulfide) groups is 1. The maximum atomic E-state index is 3.71. The van der Waals surface area contributed by atoms with Crippen LogP contribution in [-0.4, -0.2) is 50.1 Å². The second-order valence-corrected chi connectivity index (χ2v) is 9.15. The Morgan fingerprint density at radius 1 is 1.10 bits per heavy atom. The van der Waals surface area contributed by atoms with Crippen molar-refractivity contribution >= 4 is 11.8 Å². The van der Waals surface area contributed by atoms with Gasteiger partial charge >= 0.3 is 0 Å². The van der Waals surface area contributed by atoms with E-state index in [0.29, 0.717) is 5.41 Å². The van der Waals surface area contributed by atoms with Crippen LogP contribution in [0.15, 0.2) is 0 Å². The second kappa shape index (κ2) is 6.18. The molecule has 2 nitrogen and oxygen atoms in total. The highest BCUT2D eigenvalue weighted by molar-refractivity contribution is 7.99. The highest BCUT2D eigenvalue weighted by atomic mass is 32.2. The maximum absolute atomic E-state index is 3.71. The van der Waals surface area contributed by atoms with Gasteiger partial charge in [-0.3, -0.25) is 0 Å². The zero-order valence-corrected chi connectivity index (χ0v) is 14.3. The molecular weight excluding hydrogens is 264 g/mol. The van der Waals surface area contributed by atoms with E-state index in [1.54, 1.807) is 19.3 Å². The van der Waals surface area contributed by atoms with E-state index in [1.165, 1.54) is 37.3 Å². The fraction of sp³-hybridized carbons (Fsp3) is 1.00. The molecule has 0 radical (unpaired) electrons. The van der Waals surface area contributed by atoms with Crippen LogP contribution >= 0.6 is 11.8 Å². The van der Waals surface area contributed by atoms with Crippen LogP contribution in [0, 0.1) is 23.2 Å². The molecule has 4 aliphatic rings. The molecule has 4 fully saturated rings. The highest BCUT2D eigenvalue weighted by Gasteiger charge is 2.53. The van der Waals surface area contributed by atoms with Crippen molar-refractivity contribution in [3.63, 3.8) is 0 Å². The van der Waals surface area contributed by atoms with Crippen molar-refractivity contribution in [3.05, 3.63) is 0 Å². The van der Waals surface area contributed by atoms with E-state index in [4.69, 9.17) is 0 Å². The molecule has 0 aliphatic heterocycles. The van der Waals surface area contributed by atoms with Gasteiger partial charge < -0.3 is 10.2 Å². The molecule has 0 aromatic carbocycles. The Labute approximate surface area is 129 Å². The number of nitrogens with zero attached hydrogens (tertiary/aromatic N) is 1. The third-order valence-corrected chi connectivity index (χ3v) is 7.18. The summed E-state index contributed by atoms with van der Waals surface area (Å²) in [4.78, 5) is 2.30. The Morgan fingerprint density at radius 3 is 2.10 bits per heavy atom. The fourth-order valence-electron chi connectivity index (χ4n) is 5.62. The Bertz CT molecular complexity index is 294. The summed E-state index contributed by atoms with van der Waals surface area (Å²) < 4.78 is 0. The molecule has 0 saturated heterocycles. The van der Waals surface area contributed by atoms with Gasteiger partial charge in [0.05, 0.1) is 0 Å². The lowest BCUT2D eigenvalue weighted by molar-refractivity contribution is -0.0682. The van der Waals surface area contributed by atoms with E-state index >= 15 is 0 Å². The van der Waals surface area contributed by atoms with Crippen LogP contribution < -0.4 is 5.32 Å². The number of nitrogens with one attached hydrogen (secondary N) is 1. The quantitative estimate of drug-likeness (QED) is 0.727. The van der Waals surface area contributed by atoms with Gasteiger partial charge in [-0.15, -0.1) is 0 Å². The first-order valence-corrected chi connectivity index (χ1v) is 9.66. The maximum Gasteiger partial charge on any atom is 0.0211 e. The van der Waals surface area contributed by atoms with E-state index in [9.17, 15) is 0 Å². The predicted octanol–water partition coefficient (Wildman–Crippen LogP) is 3.09. The molecule has 0 aromatic heterocycles. The Kier molecular flexibility index (Phi) is 4.69. The van der Waals surface area contributed by atoms with Gasteiger partial charge in [0, 0.05) is 24.1 Å². The van der Waals surface area contributed by atoms with Gasteiger partial charge in [0.25, 0.3) is 0 Å². The molecule has 4 saturated carbocycles. The molecule has 1 N–H and O–H groups in total. The van der Waals surface area contributed by atoms with Crippen molar-refractivity contribution < 1.29 is 0 Å². The van der Waals surface area contributed by atoms with E-state index < -0.39 is 0 Å². The van der Waals surface area contributed by atoms with Crippen molar-refractivity contribution in [1.29, 1.82) is 0 Å². The largest absolute Gasteiger partial charge is 0.316 e. The van der Waals surface area contributed by atoms with Gasteiger partial charge in [0.15, 0.2) is 0 Å². The van der Waals surface area contributed by atoms with Crippen LogP contribution in [0.3, 0.4) is 0 Å². The van der Waals surface area contributed by atoms with Crippen LogP contribution in [-0.2, 0) is 0 Å². The molecule has 4 bridgehead atoms. The molecule has 1 unspecified atom stereocenters. The van der Waals surface area contributed by atoms with Crippen LogP contribution in [0.1, 0.15) is 38.5 Å². The molecule has 116 valence electrons. The summed E-state index contributed by atoms with van der Waals surface area (Å²) in [7, 11) is 6.56. The summed E-state index contributed by atoms with van der Waals surface area (Å²) >= 11 is 2.16. The van der Waals surface area contributed by atoms with Gasteiger partial charge in [0.2, 0.25) is 0 Å². The zero-order valence-electron chi connectivity index (χ0n) is 13.5. The van der Waals surface area contributed by atoms with Crippen molar-refractivity contribution in [2.75, 3.05) is 39.2 Å². The molecule has 4 rings (SSSR count). The molecule has 0 aromatic rings. The first kappa shape index (κ1) is 15.2. The summed E-state index contributed by atoms with van der Waals surface area (Å²) in [6.45, 7) is 1.21. The topological polar surface area (TPSA) is 15.3 Å². The van der Waals surface area contributed by atoms with Crippen molar-refractivity contribution in [1.82, 2.24) is 10.2 Å².